The van der Waals surface area contributed by atoms with Gasteiger partial charge in [-0.15, -0.1) is 5.10 Å². The molecule has 0 aromatic carbocycles. The van der Waals surface area contributed by atoms with Gasteiger partial charge in [-0.25, -0.2) is 0 Å². The summed E-state index contributed by atoms with van der Waals surface area (Å²) in [6.07, 6.45) is 1.12. The van der Waals surface area contributed by atoms with Gasteiger partial charge >= 0.3 is 0 Å². The zero-order chi connectivity index (χ0) is 13.7. The van der Waals surface area contributed by atoms with Gasteiger partial charge in [-0.05, 0) is 32.3 Å². The molecule has 1 aromatic heterocycles. The molecule has 1 unspecified atom stereocenters. The first-order valence-electron chi connectivity index (χ1n) is 6.53. The zero-order valence-electron chi connectivity index (χ0n) is 12.0. The van der Waals surface area contributed by atoms with Crippen LogP contribution in [-0.4, -0.2) is 23.3 Å². The van der Waals surface area contributed by atoms with Crippen molar-refractivity contribution in [3.05, 3.63) is 16.8 Å². The molecule has 1 rings (SSSR count). The molecule has 0 aliphatic heterocycles. The van der Waals surface area contributed by atoms with Gasteiger partial charge in [-0.2, -0.15) is 10.4 Å². The molecule has 0 saturated carbocycles. The van der Waals surface area contributed by atoms with Crippen LogP contribution in [0.3, 0.4) is 0 Å². The van der Waals surface area contributed by atoms with E-state index in [4.69, 9.17) is 0 Å². The first kappa shape index (κ1) is 14.4. The monoisotopic (exact) mass is 246 g/mol. The van der Waals surface area contributed by atoms with Crippen molar-refractivity contribution in [2.45, 2.75) is 41.0 Å². The summed E-state index contributed by atoms with van der Waals surface area (Å²) in [5, 5.41) is 17.7. The Hall–Kier alpha value is -1.63. The van der Waals surface area contributed by atoms with Gasteiger partial charge in [-0.1, -0.05) is 20.3 Å². The minimum absolute atomic E-state index is 0.583. The van der Waals surface area contributed by atoms with Crippen LogP contribution < -0.4 is 4.90 Å². The predicted molar refractivity (Wildman–Crippen MR) is 73.6 cm³/mol. The zero-order valence-corrected chi connectivity index (χ0v) is 12.0. The van der Waals surface area contributed by atoms with Crippen LogP contribution in [0.1, 0.15) is 44.0 Å². The number of rotatable bonds is 5. The van der Waals surface area contributed by atoms with E-state index in [2.05, 4.69) is 41.9 Å². The van der Waals surface area contributed by atoms with Crippen LogP contribution in [0, 0.1) is 31.1 Å². The van der Waals surface area contributed by atoms with Gasteiger partial charge in [-0.3, -0.25) is 0 Å². The molecule has 0 amide bonds. The number of hydrogen-bond acceptors (Lipinski definition) is 4. The van der Waals surface area contributed by atoms with Crippen LogP contribution in [0.25, 0.3) is 0 Å². The number of aryl methyl sites for hydroxylation is 1. The van der Waals surface area contributed by atoms with Crippen molar-refractivity contribution in [2.24, 2.45) is 5.92 Å². The minimum atomic E-state index is 0.583. The SMILES string of the molecule is CCC(C)CN(CC)c1nnc(C)c(C)c1C#N. The summed E-state index contributed by atoms with van der Waals surface area (Å²) in [5.41, 5.74) is 2.42. The second-order valence-electron chi connectivity index (χ2n) is 4.77. The van der Waals surface area contributed by atoms with E-state index >= 15 is 0 Å². The molecule has 1 aromatic rings. The topological polar surface area (TPSA) is 52.8 Å². The molecule has 4 nitrogen and oxygen atoms in total. The third-order valence-electron chi connectivity index (χ3n) is 3.46. The second-order valence-corrected chi connectivity index (χ2v) is 4.77. The lowest BCUT2D eigenvalue weighted by Crippen LogP contribution is -2.30. The summed E-state index contributed by atoms with van der Waals surface area (Å²) in [4.78, 5) is 2.14. The van der Waals surface area contributed by atoms with Crippen molar-refractivity contribution < 1.29 is 0 Å². The van der Waals surface area contributed by atoms with Gasteiger partial charge in [0.25, 0.3) is 0 Å². The van der Waals surface area contributed by atoms with E-state index in [0.717, 1.165) is 36.6 Å². The summed E-state index contributed by atoms with van der Waals surface area (Å²) < 4.78 is 0. The molecule has 0 saturated heterocycles. The van der Waals surface area contributed by atoms with E-state index in [-0.39, 0.29) is 0 Å². The average Bonchev–Trinajstić information content (AvgIpc) is 2.38. The lowest BCUT2D eigenvalue weighted by Gasteiger charge is -2.26. The number of hydrogen-bond donors (Lipinski definition) is 0. The van der Waals surface area contributed by atoms with Crippen molar-refractivity contribution in [3.63, 3.8) is 0 Å². The van der Waals surface area contributed by atoms with Gasteiger partial charge in [0.15, 0.2) is 5.82 Å². The molecule has 0 aliphatic carbocycles. The molecular weight excluding hydrogens is 224 g/mol. The van der Waals surface area contributed by atoms with Gasteiger partial charge < -0.3 is 4.90 Å². The Kier molecular flexibility index (Phi) is 5.08. The van der Waals surface area contributed by atoms with Crippen molar-refractivity contribution in [1.29, 1.82) is 5.26 Å². The van der Waals surface area contributed by atoms with Gasteiger partial charge in [0, 0.05) is 13.1 Å². The normalized spacial score (nSPS) is 12.0. The Bertz CT molecular complexity index is 448. The quantitative estimate of drug-likeness (QED) is 0.801. The molecule has 0 N–H and O–H groups in total. The maximum Gasteiger partial charge on any atom is 0.169 e. The minimum Gasteiger partial charge on any atom is -0.354 e. The molecule has 18 heavy (non-hydrogen) atoms. The highest BCUT2D eigenvalue weighted by molar-refractivity contribution is 5.57. The van der Waals surface area contributed by atoms with Crippen LogP contribution in [-0.2, 0) is 0 Å². The standard InChI is InChI=1S/C14H22N4/c1-6-10(3)9-18(7-2)14-13(8-15)11(4)12(5)16-17-14/h10H,6-7,9H2,1-5H3. The van der Waals surface area contributed by atoms with E-state index in [1.807, 2.05) is 13.8 Å². The highest BCUT2D eigenvalue weighted by Crippen LogP contribution is 2.22. The van der Waals surface area contributed by atoms with Gasteiger partial charge in [0.05, 0.1) is 5.69 Å². The Labute approximate surface area is 110 Å². The van der Waals surface area contributed by atoms with Crippen molar-refractivity contribution >= 4 is 5.82 Å². The maximum absolute atomic E-state index is 9.31. The Morgan fingerprint density at radius 1 is 1.28 bits per heavy atom. The lowest BCUT2D eigenvalue weighted by atomic mass is 10.1. The summed E-state index contributed by atoms with van der Waals surface area (Å²) in [6.45, 7) is 12.1. The Morgan fingerprint density at radius 3 is 2.44 bits per heavy atom. The molecule has 0 bridgehead atoms. The fourth-order valence-electron chi connectivity index (χ4n) is 1.82. The van der Waals surface area contributed by atoms with Crippen LogP contribution in [0.4, 0.5) is 5.82 Å². The highest BCUT2D eigenvalue weighted by Gasteiger charge is 2.17. The summed E-state index contributed by atoms with van der Waals surface area (Å²) in [6, 6.07) is 2.27. The van der Waals surface area contributed by atoms with E-state index in [1.54, 1.807) is 0 Å². The highest BCUT2D eigenvalue weighted by atomic mass is 15.3. The number of nitrogens with zero attached hydrogens (tertiary/aromatic N) is 4. The van der Waals surface area contributed by atoms with Crippen molar-refractivity contribution in [3.8, 4) is 6.07 Å². The molecular formula is C14H22N4. The first-order chi connectivity index (χ1) is 8.54. The summed E-state index contributed by atoms with van der Waals surface area (Å²) in [5.74, 6) is 1.31. The van der Waals surface area contributed by atoms with Crippen LogP contribution in [0.5, 0.6) is 0 Å². The molecule has 1 heterocycles. The Morgan fingerprint density at radius 2 is 1.94 bits per heavy atom. The molecule has 1 atom stereocenters. The van der Waals surface area contributed by atoms with E-state index in [1.165, 1.54) is 0 Å². The van der Waals surface area contributed by atoms with E-state index < -0.39 is 0 Å². The number of nitriles is 1. The maximum atomic E-state index is 9.31. The van der Waals surface area contributed by atoms with E-state index in [0.29, 0.717) is 11.5 Å². The fourth-order valence-corrected chi connectivity index (χ4v) is 1.82. The summed E-state index contributed by atoms with van der Waals surface area (Å²) >= 11 is 0. The molecule has 0 fully saturated rings. The van der Waals surface area contributed by atoms with E-state index in [9.17, 15) is 5.26 Å². The summed E-state index contributed by atoms with van der Waals surface area (Å²) in [7, 11) is 0. The van der Waals surface area contributed by atoms with Crippen LogP contribution in [0.15, 0.2) is 0 Å². The average molecular weight is 246 g/mol. The molecule has 0 radical (unpaired) electrons. The largest absolute Gasteiger partial charge is 0.354 e. The Balaban J connectivity index is 3.14. The van der Waals surface area contributed by atoms with Gasteiger partial charge in [0.2, 0.25) is 0 Å². The number of anilines is 1. The number of aromatic nitrogens is 2. The third kappa shape index (κ3) is 2.98. The van der Waals surface area contributed by atoms with Crippen LogP contribution >= 0.6 is 0 Å². The lowest BCUT2D eigenvalue weighted by molar-refractivity contribution is 0.543. The fraction of sp³-hybridized carbons (Fsp3) is 0.643. The first-order valence-corrected chi connectivity index (χ1v) is 6.53. The van der Waals surface area contributed by atoms with Crippen LogP contribution in [0.2, 0.25) is 0 Å². The molecule has 98 valence electrons. The predicted octanol–water partition coefficient (Wildman–Crippen LogP) is 2.84. The van der Waals surface area contributed by atoms with Gasteiger partial charge in [0.1, 0.15) is 11.6 Å². The smallest absolute Gasteiger partial charge is 0.169 e. The van der Waals surface area contributed by atoms with Crippen molar-refractivity contribution in [1.82, 2.24) is 10.2 Å². The molecule has 0 spiro atoms. The van der Waals surface area contributed by atoms with Crippen molar-refractivity contribution in [2.75, 3.05) is 18.0 Å². The third-order valence-corrected chi connectivity index (χ3v) is 3.46. The molecule has 4 heteroatoms. The second kappa shape index (κ2) is 6.34. The molecule has 0 aliphatic rings.